The number of carboxylic acid groups (broad SMARTS) is 1. The zero-order chi connectivity index (χ0) is 24.3. The van der Waals surface area contributed by atoms with Crippen LogP contribution in [-0.4, -0.2) is 66.4 Å². The maximum absolute atomic E-state index is 12.7. The molecule has 1 heterocycles. The Morgan fingerprint density at radius 2 is 1.74 bits per heavy atom. The van der Waals surface area contributed by atoms with E-state index >= 15 is 0 Å². The molecule has 34 heavy (non-hydrogen) atoms. The molecule has 180 valence electrons. The van der Waals surface area contributed by atoms with E-state index in [4.69, 9.17) is 9.47 Å². The number of carbonyl (C=O) groups is 3. The number of hydrogen-bond donors (Lipinski definition) is 2. The second-order valence-electron chi connectivity index (χ2n) is 9.00. The van der Waals surface area contributed by atoms with Gasteiger partial charge in [-0.05, 0) is 42.0 Å². The van der Waals surface area contributed by atoms with Crippen LogP contribution < -0.4 is 5.32 Å². The summed E-state index contributed by atoms with van der Waals surface area (Å²) >= 11 is 0. The van der Waals surface area contributed by atoms with Gasteiger partial charge >= 0.3 is 12.1 Å². The largest absolute Gasteiger partial charge is 0.479 e. The predicted molar refractivity (Wildman–Crippen MR) is 125 cm³/mol. The van der Waals surface area contributed by atoms with E-state index in [1.54, 1.807) is 6.92 Å². The molecule has 8 nitrogen and oxygen atoms in total. The monoisotopic (exact) mass is 466 g/mol. The SMILES string of the molecule is COC1(C(=O)O)CCCN(C(=O)C[C@@H](C)NC(=O)OCC2c3ccccc3-c3ccccc32)C1. The number of fused-ring (bicyclic) bond motifs is 3. The Morgan fingerprint density at radius 1 is 1.12 bits per heavy atom. The van der Waals surface area contributed by atoms with E-state index in [1.807, 2.05) is 24.3 Å². The molecule has 0 bridgehead atoms. The predicted octanol–water partition coefficient (Wildman–Crippen LogP) is 3.40. The molecule has 0 spiro atoms. The highest BCUT2D eigenvalue weighted by Crippen LogP contribution is 2.44. The Balaban J connectivity index is 1.31. The summed E-state index contributed by atoms with van der Waals surface area (Å²) in [6.45, 7) is 2.38. The lowest BCUT2D eigenvalue weighted by Crippen LogP contribution is -2.56. The fourth-order valence-corrected chi connectivity index (χ4v) is 4.95. The zero-order valence-electron chi connectivity index (χ0n) is 19.5. The molecule has 0 radical (unpaired) electrons. The van der Waals surface area contributed by atoms with Gasteiger partial charge in [0, 0.05) is 32.0 Å². The van der Waals surface area contributed by atoms with Gasteiger partial charge in [0.2, 0.25) is 5.91 Å². The van der Waals surface area contributed by atoms with Gasteiger partial charge in [-0.25, -0.2) is 9.59 Å². The molecule has 2 atom stereocenters. The number of amides is 2. The number of likely N-dealkylation sites (tertiary alicyclic amines) is 1. The number of piperidine rings is 1. The Hall–Kier alpha value is -3.39. The van der Waals surface area contributed by atoms with Crippen molar-refractivity contribution in [1.82, 2.24) is 10.2 Å². The summed E-state index contributed by atoms with van der Waals surface area (Å²) in [5, 5.41) is 12.2. The van der Waals surface area contributed by atoms with Crippen molar-refractivity contribution < 1.29 is 29.0 Å². The number of carbonyl (C=O) groups excluding carboxylic acids is 2. The van der Waals surface area contributed by atoms with Crippen LogP contribution in [0.2, 0.25) is 0 Å². The lowest BCUT2D eigenvalue weighted by Gasteiger charge is -2.39. The third kappa shape index (κ3) is 4.63. The summed E-state index contributed by atoms with van der Waals surface area (Å²) in [7, 11) is 1.35. The maximum Gasteiger partial charge on any atom is 0.407 e. The fraction of sp³-hybridized carbons (Fsp3) is 0.423. The minimum Gasteiger partial charge on any atom is -0.479 e. The average Bonchev–Trinajstić information content (AvgIpc) is 3.16. The summed E-state index contributed by atoms with van der Waals surface area (Å²) in [6, 6.07) is 15.8. The smallest absolute Gasteiger partial charge is 0.407 e. The third-order valence-corrected chi connectivity index (χ3v) is 6.78. The zero-order valence-corrected chi connectivity index (χ0v) is 19.5. The molecule has 1 unspecified atom stereocenters. The van der Waals surface area contributed by atoms with Crippen LogP contribution in [0.25, 0.3) is 11.1 Å². The van der Waals surface area contributed by atoms with Crippen LogP contribution in [0.4, 0.5) is 4.79 Å². The van der Waals surface area contributed by atoms with Gasteiger partial charge in [-0.15, -0.1) is 0 Å². The summed E-state index contributed by atoms with van der Waals surface area (Å²) in [5.41, 5.74) is 3.19. The summed E-state index contributed by atoms with van der Waals surface area (Å²) in [6.07, 6.45) is 0.359. The molecule has 0 saturated carbocycles. The van der Waals surface area contributed by atoms with Gasteiger partial charge in [-0.2, -0.15) is 0 Å². The fourth-order valence-electron chi connectivity index (χ4n) is 4.95. The van der Waals surface area contributed by atoms with Crippen LogP contribution in [0, 0.1) is 0 Å². The van der Waals surface area contributed by atoms with Gasteiger partial charge in [-0.3, -0.25) is 4.79 Å². The molecule has 4 rings (SSSR count). The van der Waals surface area contributed by atoms with Crippen molar-refractivity contribution in [2.24, 2.45) is 0 Å². The standard InChI is InChI=1S/C26H30N2O6/c1-17(14-23(29)28-13-7-12-26(16-28,33-2)24(30)31)27-25(32)34-15-22-20-10-5-3-8-18(20)19-9-4-6-11-21(19)22/h3-6,8-11,17,22H,7,12-16H2,1-2H3,(H,27,32)(H,30,31)/t17-,26?/m1/s1. The molecule has 1 aliphatic carbocycles. The van der Waals surface area contributed by atoms with Crippen molar-refractivity contribution in [2.45, 2.75) is 43.7 Å². The van der Waals surface area contributed by atoms with Crippen molar-refractivity contribution in [2.75, 3.05) is 26.8 Å². The van der Waals surface area contributed by atoms with Crippen LogP contribution in [0.3, 0.4) is 0 Å². The van der Waals surface area contributed by atoms with E-state index in [2.05, 4.69) is 29.6 Å². The summed E-state index contributed by atoms with van der Waals surface area (Å²) < 4.78 is 10.8. The molecule has 8 heteroatoms. The molecular formula is C26H30N2O6. The average molecular weight is 467 g/mol. The second-order valence-corrected chi connectivity index (χ2v) is 9.00. The molecule has 1 fully saturated rings. The molecule has 2 aromatic rings. The second kappa shape index (κ2) is 9.85. The van der Waals surface area contributed by atoms with Gasteiger partial charge in [0.05, 0.1) is 6.54 Å². The Labute approximate surface area is 198 Å². The Bertz CT molecular complexity index is 1040. The number of aliphatic carboxylic acids is 1. The molecular weight excluding hydrogens is 436 g/mol. The van der Waals surface area contributed by atoms with Gasteiger partial charge in [0.1, 0.15) is 6.61 Å². The highest BCUT2D eigenvalue weighted by molar-refractivity contribution is 5.82. The van der Waals surface area contributed by atoms with Gasteiger partial charge in [-0.1, -0.05) is 48.5 Å². The number of nitrogens with zero attached hydrogens (tertiary/aromatic N) is 1. The van der Waals surface area contributed by atoms with Crippen molar-refractivity contribution >= 4 is 18.0 Å². The van der Waals surface area contributed by atoms with Crippen LogP contribution in [0.15, 0.2) is 48.5 Å². The van der Waals surface area contributed by atoms with Gasteiger partial charge in [0.25, 0.3) is 0 Å². The molecule has 2 aromatic carbocycles. The third-order valence-electron chi connectivity index (χ3n) is 6.78. The van der Waals surface area contributed by atoms with E-state index in [1.165, 1.54) is 12.0 Å². The van der Waals surface area contributed by atoms with Crippen molar-refractivity contribution in [3.8, 4) is 11.1 Å². The van der Waals surface area contributed by atoms with Gasteiger partial charge < -0.3 is 24.8 Å². The molecule has 0 aromatic heterocycles. The summed E-state index contributed by atoms with van der Waals surface area (Å²) in [5.74, 6) is -1.34. The highest BCUT2D eigenvalue weighted by atomic mass is 16.5. The minimum atomic E-state index is -1.38. The van der Waals surface area contributed by atoms with E-state index in [9.17, 15) is 19.5 Å². The number of hydrogen-bond acceptors (Lipinski definition) is 5. The first-order valence-electron chi connectivity index (χ1n) is 11.5. The minimum absolute atomic E-state index is 0.00463. The maximum atomic E-state index is 12.7. The summed E-state index contributed by atoms with van der Waals surface area (Å²) in [4.78, 5) is 38.4. The van der Waals surface area contributed by atoms with E-state index < -0.39 is 23.7 Å². The first kappa shape index (κ1) is 23.8. The topological polar surface area (TPSA) is 105 Å². The Kier molecular flexibility index (Phi) is 6.88. The van der Waals surface area contributed by atoms with E-state index in [-0.39, 0.29) is 31.4 Å². The van der Waals surface area contributed by atoms with E-state index in [0.717, 1.165) is 22.3 Å². The van der Waals surface area contributed by atoms with Gasteiger partial charge in [0.15, 0.2) is 5.60 Å². The lowest BCUT2D eigenvalue weighted by molar-refractivity contribution is -0.171. The van der Waals surface area contributed by atoms with Crippen LogP contribution in [0.1, 0.15) is 43.2 Å². The van der Waals surface area contributed by atoms with E-state index in [0.29, 0.717) is 19.4 Å². The Morgan fingerprint density at radius 3 is 2.32 bits per heavy atom. The number of carboxylic acids is 1. The molecule has 2 amide bonds. The number of nitrogens with one attached hydrogen (secondary N) is 1. The normalized spacial score (nSPS) is 20.2. The van der Waals surface area contributed by atoms with Crippen molar-refractivity contribution in [1.29, 1.82) is 0 Å². The first-order chi connectivity index (χ1) is 16.3. The van der Waals surface area contributed by atoms with Crippen LogP contribution in [-0.2, 0) is 19.1 Å². The molecule has 2 aliphatic rings. The number of ether oxygens (including phenoxy) is 2. The first-order valence-corrected chi connectivity index (χ1v) is 11.5. The number of benzene rings is 2. The molecule has 1 saturated heterocycles. The quantitative estimate of drug-likeness (QED) is 0.648. The number of rotatable bonds is 7. The number of methoxy groups -OCH3 is 1. The molecule has 2 N–H and O–H groups in total. The number of alkyl carbamates (subject to hydrolysis) is 1. The van der Waals surface area contributed by atoms with Crippen molar-refractivity contribution in [3.05, 3.63) is 59.7 Å². The van der Waals surface area contributed by atoms with Crippen LogP contribution in [0.5, 0.6) is 0 Å². The van der Waals surface area contributed by atoms with Crippen LogP contribution >= 0.6 is 0 Å². The highest BCUT2D eigenvalue weighted by Gasteiger charge is 2.44. The lowest BCUT2D eigenvalue weighted by atomic mass is 9.92. The van der Waals surface area contributed by atoms with Crippen molar-refractivity contribution in [3.63, 3.8) is 0 Å². The molecule has 1 aliphatic heterocycles.